The first-order valence-electron chi connectivity index (χ1n) is 12.1. The van der Waals surface area contributed by atoms with E-state index in [1.807, 2.05) is 0 Å². The van der Waals surface area contributed by atoms with Crippen LogP contribution in [0.2, 0.25) is 0 Å². The van der Waals surface area contributed by atoms with E-state index in [1.54, 1.807) is 0 Å². The van der Waals surface area contributed by atoms with Crippen molar-refractivity contribution >= 4 is 5.91 Å². The van der Waals surface area contributed by atoms with Crippen LogP contribution in [0.3, 0.4) is 0 Å². The number of hydrogen-bond acceptors (Lipinski definition) is 7. The maximum Gasteiger partial charge on any atom is 0.222 e. The summed E-state index contributed by atoms with van der Waals surface area (Å²) in [5.41, 5.74) is 5.02. The van der Waals surface area contributed by atoms with Crippen molar-refractivity contribution in [1.82, 2.24) is 5.32 Å². The molecule has 0 atom stereocenters. The van der Waals surface area contributed by atoms with Crippen molar-refractivity contribution in [2.75, 3.05) is 66.0 Å². The number of nitrogens with two attached hydrogens (primary N) is 1. The molecule has 8 nitrogen and oxygen atoms in total. The molecule has 192 valence electrons. The summed E-state index contributed by atoms with van der Waals surface area (Å²) >= 11 is 0. The minimum Gasteiger partial charge on any atom is -0.381 e. The molecule has 0 saturated carbocycles. The molecule has 0 bridgehead atoms. The van der Waals surface area contributed by atoms with Gasteiger partial charge in [0.05, 0.1) is 45.2 Å². The van der Waals surface area contributed by atoms with E-state index in [2.05, 4.69) is 39.9 Å². The number of unbranched alkanes of at least 4 members (excludes halogenated alkanes) is 2. The maximum atomic E-state index is 12.2. The number of nitrogens with one attached hydrogen (secondary N) is 1. The molecule has 0 saturated heterocycles. The molecule has 3 N–H and O–H groups in total. The number of carbonyl (C=O) groups excluding carboxylic acids is 1. The van der Waals surface area contributed by atoms with Crippen molar-refractivity contribution < 1.29 is 28.5 Å². The van der Waals surface area contributed by atoms with Crippen LogP contribution < -0.4 is 11.1 Å². The number of amides is 1. The first kappa shape index (κ1) is 31.2. The van der Waals surface area contributed by atoms with Gasteiger partial charge in [-0.25, -0.2) is 0 Å². The quantitative estimate of drug-likeness (QED) is 0.238. The fraction of sp³-hybridized carbons (Fsp3) is 0.958. The van der Waals surface area contributed by atoms with Crippen molar-refractivity contribution in [2.45, 2.75) is 84.3 Å². The number of rotatable bonds is 22. The molecule has 0 spiro atoms. The van der Waals surface area contributed by atoms with Crippen LogP contribution in [0.1, 0.15) is 73.1 Å². The standard InChI is InChI=1S/C24H50N2O6/c1-23(2,3)32-15-9-8-14-28-16-10-22(27)26-24(4,5)11-6-7-13-29-18-20-31-21-19-30-17-12-25/h6-21,25H2,1-5H3,(H,26,27). The van der Waals surface area contributed by atoms with Gasteiger partial charge < -0.3 is 34.7 Å². The van der Waals surface area contributed by atoms with Gasteiger partial charge in [0, 0.05) is 38.3 Å². The van der Waals surface area contributed by atoms with Gasteiger partial charge in [0.1, 0.15) is 0 Å². The molecule has 0 fully saturated rings. The Morgan fingerprint density at radius 2 is 1.19 bits per heavy atom. The van der Waals surface area contributed by atoms with Crippen molar-refractivity contribution in [1.29, 1.82) is 0 Å². The lowest BCUT2D eigenvalue weighted by molar-refractivity contribution is -0.123. The highest BCUT2D eigenvalue weighted by molar-refractivity contribution is 5.76. The zero-order chi connectivity index (χ0) is 24.1. The van der Waals surface area contributed by atoms with Gasteiger partial charge in [-0.05, 0) is 66.7 Å². The van der Waals surface area contributed by atoms with E-state index < -0.39 is 0 Å². The second kappa shape index (κ2) is 19.7. The molecule has 32 heavy (non-hydrogen) atoms. The molecule has 0 aliphatic carbocycles. The van der Waals surface area contributed by atoms with Crippen LogP contribution in [0.5, 0.6) is 0 Å². The summed E-state index contributed by atoms with van der Waals surface area (Å²) in [5.74, 6) is 0.0370. The Kier molecular flexibility index (Phi) is 19.2. The minimum absolute atomic E-state index is 0.0370. The van der Waals surface area contributed by atoms with Gasteiger partial charge in [-0.1, -0.05) is 0 Å². The van der Waals surface area contributed by atoms with E-state index in [0.717, 1.165) is 38.7 Å². The normalized spacial score (nSPS) is 12.3. The van der Waals surface area contributed by atoms with Gasteiger partial charge >= 0.3 is 0 Å². The molecule has 0 heterocycles. The van der Waals surface area contributed by atoms with Crippen LogP contribution in [0.15, 0.2) is 0 Å². The van der Waals surface area contributed by atoms with Crippen molar-refractivity contribution in [2.24, 2.45) is 5.73 Å². The molecule has 0 aliphatic heterocycles. The Balaban J connectivity index is 3.52. The lowest BCUT2D eigenvalue weighted by Gasteiger charge is -2.26. The largest absolute Gasteiger partial charge is 0.381 e. The van der Waals surface area contributed by atoms with E-state index in [9.17, 15) is 4.79 Å². The van der Waals surface area contributed by atoms with E-state index in [0.29, 0.717) is 65.8 Å². The highest BCUT2D eigenvalue weighted by atomic mass is 16.5. The van der Waals surface area contributed by atoms with E-state index in [1.165, 1.54) is 0 Å². The Bertz CT molecular complexity index is 441. The lowest BCUT2D eigenvalue weighted by Crippen LogP contribution is -2.43. The third-order valence-electron chi connectivity index (χ3n) is 4.52. The molecule has 0 rings (SSSR count). The Morgan fingerprint density at radius 1 is 0.688 bits per heavy atom. The zero-order valence-electron chi connectivity index (χ0n) is 21.3. The molecule has 0 aliphatic rings. The molecule has 0 radical (unpaired) electrons. The number of ether oxygens (including phenoxy) is 5. The van der Waals surface area contributed by atoms with E-state index >= 15 is 0 Å². The summed E-state index contributed by atoms with van der Waals surface area (Å²) in [4.78, 5) is 12.2. The zero-order valence-corrected chi connectivity index (χ0v) is 21.3. The van der Waals surface area contributed by atoms with Crippen LogP contribution in [0.4, 0.5) is 0 Å². The van der Waals surface area contributed by atoms with Crippen molar-refractivity contribution in [3.63, 3.8) is 0 Å². The molecule has 8 heteroatoms. The minimum atomic E-state index is -0.228. The van der Waals surface area contributed by atoms with Gasteiger partial charge in [0.25, 0.3) is 0 Å². The average molecular weight is 463 g/mol. The smallest absolute Gasteiger partial charge is 0.222 e. The SMILES string of the molecule is CC(C)(CCCCOCCOCCOCCN)NC(=O)CCOCCCCOC(C)(C)C. The summed E-state index contributed by atoms with van der Waals surface area (Å²) < 4.78 is 27.5. The monoisotopic (exact) mass is 462 g/mol. The number of carbonyl (C=O) groups is 1. The second-order valence-corrected chi connectivity index (χ2v) is 9.55. The highest BCUT2D eigenvalue weighted by Crippen LogP contribution is 2.13. The van der Waals surface area contributed by atoms with Gasteiger partial charge in [-0.15, -0.1) is 0 Å². The Labute approximate surface area is 196 Å². The summed E-state index contributed by atoms with van der Waals surface area (Å²) in [6, 6.07) is 0. The van der Waals surface area contributed by atoms with Crippen LogP contribution in [0.25, 0.3) is 0 Å². The molecule has 0 aromatic heterocycles. The predicted octanol–water partition coefficient (Wildman–Crippen LogP) is 3.06. The number of hydrogen-bond donors (Lipinski definition) is 2. The molecular formula is C24H50N2O6. The Morgan fingerprint density at radius 3 is 1.78 bits per heavy atom. The van der Waals surface area contributed by atoms with Gasteiger partial charge in [-0.2, -0.15) is 0 Å². The van der Waals surface area contributed by atoms with E-state index in [4.69, 9.17) is 29.4 Å². The van der Waals surface area contributed by atoms with Crippen LogP contribution in [-0.2, 0) is 28.5 Å². The molecule has 0 aromatic rings. The summed E-state index contributed by atoms with van der Waals surface area (Å²) in [5, 5.41) is 3.10. The topological polar surface area (TPSA) is 101 Å². The second-order valence-electron chi connectivity index (χ2n) is 9.55. The molecule has 0 unspecified atom stereocenters. The molecule has 1 amide bonds. The third-order valence-corrected chi connectivity index (χ3v) is 4.52. The van der Waals surface area contributed by atoms with Crippen LogP contribution >= 0.6 is 0 Å². The summed E-state index contributed by atoms with van der Waals surface area (Å²) in [6.07, 6.45) is 5.17. The highest BCUT2D eigenvalue weighted by Gasteiger charge is 2.19. The summed E-state index contributed by atoms with van der Waals surface area (Å²) in [6.45, 7) is 16.2. The molecular weight excluding hydrogens is 412 g/mol. The van der Waals surface area contributed by atoms with Crippen molar-refractivity contribution in [3.8, 4) is 0 Å². The fourth-order valence-electron chi connectivity index (χ4n) is 2.85. The van der Waals surface area contributed by atoms with Gasteiger partial charge in [-0.3, -0.25) is 4.79 Å². The van der Waals surface area contributed by atoms with E-state index in [-0.39, 0.29) is 17.0 Å². The Hall–Kier alpha value is -0.770. The molecule has 0 aromatic carbocycles. The van der Waals surface area contributed by atoms with Crippen LogP contribution in [-0.4, -0.2) is 83.1 Å². The van der Waals surface area contributed by atoms with Crippen molar-refractivity contribution in [3.05, 3.63) is 0 Å². The summed E-state index contributed by atoms with van der Waals surface area (Å²) in [7, 11) is 0. The third kappa shape index (κ3) is 23.9. The lowest BCUT2D eigenvalue weighted by atomic mass is 9.97. The van der Waals surface area contributed by atoms with Gasteiger partial charge in [0.2, 0.25) is 5.91 Å². The maximum absolute atomic E-state index is 12.2. The fourth-order valence-corrected chi connectivity index (χ4v) is 2.85. The average Bonchev–Trinajstić information content (AvgIpc) is 2.69. The first-order valence-corrected chi connectivity index (χ1v) is 12.1. The first-order chi connectivity index (χ1) is 15.2. The predicted molar refractivity (Wildman–Crippen MR) is 128 cm³/mol. The van der Waals surface area contributed by atoms with Crippen LogP contribution in [0, 0.1) is 0 Å². The van der Waals surface area contributed by atoms with Gasteiger partial charge in [0.15, 0.2) is 0 Å².